The van der Waals surface area contributed by atoms with Gasteiger partial charge in [0.1, 0.15) is 12.1 Å². The normalized spacial score (nSPS) is 11.3. The van der Waals surface area contributed by atoms with Gasteiger partial charge in [0.05, 0.1) is 11.4 Å². The van der Waals surface area contributed by atoms with Gasteiger partial charge in [-0.15, -0.1) is 0 Å². The summed E-state index contributed by atoms with van der Waals surface area (Å²) in [5.74, 6) is 0. The number of rotatable bonds is 9. The first-order chi connectivity index (χ1) is 14.8. The maximum absolute atomic E-state index is 9.33. The van der Waals surface area contributed by atoms with Gasteiger partial charge in [-0.2, -0.15) is 10.5 Å². The maximum atomic E-state index is 9.33. The lowest BCUT2D eigenvalue weighted by Gasteiger charge is -2.24. The number of aromatic nitrogens is 2. The average molecular weight is 416 g/mol. The summed E-state index contributed by atoms with van der Waals surface area (Å²) in [7, 11) is 0. The molecule has 0 amide bonds. The smallest absolute Gasteiger partial charge is 0.177 e. The van der Waals surface area contributed by atoms with Crippen LogP contribution in [0.5, 0.6) is 0 Å². The lowest BCUT2D eigenvalue weighted by molar-refractivity contribution is 0.562. The SMILES string of the molecule is CCCCN(CCCC)c1ccc(/C=C/c2nc(C#N)c(C#N)nc2C(C)(C)C)cc1. The van der Waals surface area contributed by atoms with Crippen LogP contribution in [0.3, 0.4) is 0 Å². The van der Waals surface area contributed by atoms with Crippen LogP contribution in [0.15, 0.2) is 24.3 Å². The number of nitriles is 2. The van der Waals surface area contributed by atoms with Crippen LogP contribution in [-0.2, 0) is 5.41 Å². The fourth-order valence-corrected chi connectivity index (χ4v) is 3.31. The molecule has 1 aromatic carbocycles. The third-order valence-electron chi connectivity index (χ3n) is 5.10. The molecule has 0 aliphatic carbocycles. The van der Waals surface area contributed by atoms with E-state index in [1.807, 2.05) is 45.1 Å². The van der Waals surface area contributed by atoms with Gasteiger partial charge in [-0.05, 0) is 36.6 Å². The summed E-state index contributed by atoms with van der Waals surface area (Å²) in [4.78, 5) is 11.3. The first-order valence-corrected chi connectivity index (χ1v) is 11.1. The fourth-order valence-electron chi connectivity index (χ4n) is 3.31. The second-order valence-corrected chi connectivity index (χ2v) is 8.75. The van der Waals surface area contributed by atoms with Crippen LogP contribution in [0.2, 0.25) is 0 Å². The molecule has 2 aromatic rings. The number of anilines is 1. The van der Waals surface area contributed by atoms with E-state index in [0.29, 0.717) is 11.4 Å². The van der Waals surface area contributed by atoms with Gasteiger partial charge in [0, 0.05) is 24.2 Å². The second kappa shape index (κ2) is 11.3. The van der Waals surface area contributed by atoms with Crippen LogP contribution >= 0.6 is 0 Å². The molecule has 31 heavy (non-hydrogen) atoms. The number of nitrogens with zero attached hydrogens (tertiary/aromatic N) is 5. The van der Waals surface area contributed by atoms with E-state index in [0.717, 1.165) is 18.7 Å². The summed E-state index contributed by atoms with van der Waals surface area (Å²) in [6.45, 7) is 12.7. The molecule has 5 nitrogen and oxygen atoms in total. The Hall–Kier alpha value is -3.18. The van der Waals surface area contributed by atoms with Crippen molar-refractivity contribution in [2.75, 3.05) is 18.0 Å². The third kappa shape index (κ3) is 6.66. The molecule has 1 aromatic heterocycles. The standard InChI is InChI=1S/C26H33N5/c1-6-8-16-31(17-9-7-2)21-13-10-20(11-14-21)12-15-22-25(26(3,4)5)30-24(19-28)23(18-27)29-22/h10-15H,6-9,16-17H2,1-5H3/b15-12+. The monoisotopic (exact) mass is 415 g/mol. The Morgan fingerprint density at radius 3 is 1.90 bits per heavy atom. The Morgan fingerprint density at radius 2 is 1.42 bits per heavy atom. The van der Waals surface area contributed by atoms with E-state index in [9.17, 15) is 10.5 Å². The van der Waals surface area contributed by atoms with Crippen LogP contribution in [-0.4, -0.2) is 23.1 Å². The van der Waals surface area contributed by atoms with Gasteiger partial charge in [0.15, 0.2) is 11.4 Å². The van der Waals surface area contributed by atoms with Gasteiger partial charge in [-0.25, -0.2) is 9.97 Å². The molecule has 1 heterocycles. The Bertz CT molecular complexity index is 961. The largest absolute Gasteiger partial charge is 0.372 e. The van der Waals surface area contributed by atoms with Crippen molar-refractivity contribution >= 4 is 17.8 Å². The number of unbranched alkanes of at least 4 members (excludes halogenated alkanes) is 2. The molecule has 0 radical (unpaired) electrons. The maximum Gasteiger partial charge on any atom is 0.177 e. The summed E-state index contributed by atoms with van der Waals surface area (Å²) >= 11 is 0. The van der Waals surface area contributed by atoms with E-state index in [4.69, 9.17) is 0 Å². The van der Waals surface area contributed by atoms with Gasteiger partial charge < -0.3 is 4.90 Å². The van der Waals surface area contributed by atoms with Crippen molar-refractivity contribution in [1.82, 2.24) is 9.97 Å². The third-order valence-corrected chi connectivity index (χ3v) is 5.10. The van der Waals surface area contributed by atoms with E-state index in [2.05, 4.69) is 53.0 Å². The summed E-state index contributed by atoms with van der Waals surface area (Å²) in [5.41, 5.74) is 3.48. The van der Waals surface area contributed by atoms with Crippen LogP contribution in [0.4, 0.5) is 5.69 Å². The second-order valence-electron chi connectivity index (χ2n) is 8.75. The first-order valence-electron chi connectivity index (χ1n) is 11.1. The average Bonchev–Trinajstić information content (AvgIpc) is 2.77. The van der Waals surface area contributed by atoms with E-state index in [1.165, 1.54) is 31.4 Å². The zero-order valence-electron chi connectivity index (χ0n) is 19.4. The van der Waals surface area contributed by atoms with Gasteiger partial charge in [-0.3, -0.25) is 0 Å². The topological polar surface area (TPSA) is 76.6 Å². The summed E-state index contributed by atoms with van der Waals surface area (Å²) in [6.07, 6.45) is 8.64. The molecule has 0 unspecified atom stereocenters. The minimum absolute atomic E-state index is 0.0630. The highest BCUT2D eigenvalue weighted by molar-refractivity contribution is 5.70. The predicted octanol–water partition coefficient (Wildman–Crippen LogP) is 6.09. The Morgan fingerprint density at radius 1 is 0.871 bits per heavy atom. The summed E-state index contributed by atoms with van der Waals surface area (Å²) in [5, 5.41) is 18.6. The van der Waals surface area contributed by atoms with Crippen molar-refractivity contribution in [3.05, 3.63) is 52.6 Å². The van der Waals surface area contributed by atoms with Crippen molar-refractivity contribution in [1.29, 1.82) is 10.5 Å². The Labute approximate surface area is 187 Å². The summed E-state index contributed by atoms with van der Waals surface area (Å²) < 4.78 is 0. The molecule has 0 fully saturated rings. The van der Waals surface area contributed by atoms with E-state index in [1.54, 1.807) is 0 Å². The van der Waals surface area contributed by atoms with Crippen LogP contribution in [0.25, 0.3) is 12.2 Å². The molecular formula is C26H33N5. The molecule has 0 N–H and O–H groups in total. The van der Waals surface area contributed by atoms with E-state index >= 15 is 0 Å². The molecule has 0 atom stereocenters. The Balaban J connectivity index is 2.31. The highest BCUT2D eigenvalue weighted by atomic mass is 15.1. The van der Waals surface area contributed by atoms with Crippen LogP contribution in [0.1, 0.15) is 88.6 Å². The molecular weight excluding hydrogens is 382 g/mol. The van der Waals surface area contributed by atoms with Gasteiger partial charge >= 0.3 is 0 Å². The lowest BCUT2D eigenvalue weighted by Crippen LogP contribution is -2.25. The molecule has 0 saturated carbocycles. The zero-order valence-corrected chi connectivity index (χ0v) is 19.4. The first kappa shape index (κ1) is 24.1. The van der Waals surface area contributed by atoms with Crippen molar-refractivity contribution in [3.8, 4) is 12.1 Å². The number of hydrogen-bond acceptors (Lipinski definition) is 5. The molecule has 0 spiro atoms. The summed E-state index contributed by atoms with van der Waals surface area (Å²) in [6, 6.07) is 12.5. The highest BCUT2D eigenvalue weighted by Crippen LogP contribution is 2.26. The Kier molecular flexibility index (Phi) is 8.76. The fraction of sp³-hybridized carbons (Fsp3) is 0.462. The predicted molar refractivity (Wildman–Crippen MR) is 128 cm³/mol. The van der Waals surface area contributed by atoms with Gasteiger partial charge in [0.25, 0.3) is 0 Å². The van der Waals surface area contributed by atoms with E-state index < -0.39 is 0 Å². The number of hydrogen-bond donors (Lipinski definition) is 0. The minimum atomic E-state index is -0.296. The molecule has 0 aliphatic rings. The van der Waals surface area contributed by atoms with Crippen molar-refractivity contribution < 1.29 is 0 Å². The quantitative estimate of drug-likeness (QED) is 0.495. The van der Waals surface area contributed by atoms with Crippen molar-refractivity contribution in [2.45, 2.75) is 65.7 Å². The van der Waals surface area contributed by atoms with Crippen LogP contribution < -0.4 is 4.90 Å². The molecule has 2 rings (SSSR count). The minimum Gasteiger partial charge on any atom is -0.372 e. The lowest BCUT2D eigenvalue weighted by atomic mass is 9.89. The molecule has 0 saturated heterocycles. The molecule has 162 valence electrons. The van der Waals surface area contributed by atoms with Gasteiger partial charge in [0.2, 0.25) is 0 Å². The molecule has 5 heteroatoms. The highest BCUT2D eigenvalue weighted by Gasteiger charge is 2.22. The number of benzene rings is 1. The van der Waals surface area contributed by atoms with Crippen LogP contribution in [0, 0.1) is 22.7 Å². The zero-order chi connectivity index (χ0) is 22.9. The molecule has 0 aliphatic heterocycles. The van der Waals surface area contributed by atoms with Crippen molar-refractivity contribution in [3.63, 3.8) is 0 Å². The van der Waals surface area contributed by atoms with Gasteiger partial charge in [-0.1, -0.05) is 65.7 Å². The van der Waals surface area contributed by atoms with Crippen molar-refractivity contribution in [2.24, 2.45) is 0 Å². The molecule has 0 bridgehead atoms. The van der Waals surface area contributed by atoms with E-state index in [-0.39, 0.29) is 16.8 Å².